The van der Waals surface area contributed by atoms with E-state index in [2.05, 4.69) is 5.32 Å². The van der Waals surface area contributed by atoms with Crippen molar-refractivity contribution < 1.29 is 19.1 Å². The summed E-state index contributed by atoms with van der Waals surface area (Å²) in [6.45, 7) is 3.64. The van der Waals surface area contributed by atoms with Crippen molar-refractivity contribution in [2.75, 3.05) is 7.11 Å². The quantitative estimate of drug-likeness (QED) is 0.527. The molecule has 0 saturated carbocycles. The van der Waals surface area contributed by atoms with E-state index in [1.54, 1.807) is 33.1 Å². The van der Waals surface area contributed by atoms with Gasteiger partial charge in [-0.25, -0.2) is 0 Å². The number of halogens is 1. The highest BCUT2D eigenvalue weighted by atomic mass is 35.5. The first-order valence-electron chi connectivity index (χ1n) is 8.42. The third-order valence-electron chi connectivity index (χ3n) is 3.75. The van der Waals surface area contributed by atoms with E-state index < -0.39 is 17.3 Å². The van der Waals surface area contributed by atoms with Crippen LogP contribution in [0.5, 0.6) is 5.75 Å². The SMILES string of the molecule is COc1ccc(CNC(=O)[C@H](C)OC(=O)[C@@H](C)Sc2ccc(Cl)cc2)cc1. The minimum absolute atomic E-state index is 0.345. The number of benzene rings is 2. The van der Waals surface area contributed by atoms with E-state index in [0.717, 1.165) is 16.2 Å². The Morgan fingerprint density at radius 2 is 1.70 bits per heavy atom. The van der Waals surface area contributed by atoms with Crippen LogP contribution in [0, 0.1) is 0 Å². The lowest BCUT2D eigenvalue weighted by atomic mass is 10.2. The van der Waals surface area contributed by atoms with Crippen LogP contribution in [0.3, 0.4) is 0 Å². The summed E-state index contributed by atoms with van der Waals surface area (Å²) >= 11 is 7.20. The number of ether oxygens (including phenoxy) is 2. The average Bonchev–Trinajstić information content (AvgIpc) is 2.68. The normalized spacial score (nSPS) is 12.7. The van der Waals surface area contributed by atoms with E-state index in [1.165, 1.54) is 11.8 Å². The summed E-state index contributed by atoms with van der Waals surface area (Å²) < 4.78 is 10.4. The van der Waals surface area contributed by atoms with Crippen molar-refractivity contribution >= 4 is 35.2 Å². The van der Waals surface area contributed by atoms with Crippen LogP contribution < -0.4 is 10.1 Å². The summed E-state index contributed by atoms with van der Waals surface area (Å²) in [4.78, 5) is 25.3. The molecule has 7 heteroatoms. The van der Waals surface area contributed by atoms with Gasteiger partial charge in [-0.15, -0.1) is 11.8 Å². The van der Waals surface area contributed by atoms with Crippen molar-refractivity contribution in [3.8, 4) is 5.75 Å². The number of nitrogens with one attached hydrogen (secondary N) is 1. The minimum atomic E-state index is -0.871. The van der Waals surface area contributed by atoms with Crippen molar-refractivity contribution in [3.63, 3.8) is 0 Å². The molecule has 0 aliphatic carbocycles. The van der Waals surface area contributed by atoms with Crippen LogP contribution in [0.2, 0.25) is 5.02 Å². The number of carbonyl (C=O) groups is 2. The van der Waals surface area contributed by atoms with Gasteiger partial charge in [0.05, 0.1) is 7.11 Å². The van der Waals surface area contributed by atoms with Crippen LogP contribution in [0.1, 0.15) is 19.4 Å². The number of hydrogen-bond acceptors (Lipinski definition) is 5. The third-order valence-corrected chi connectivity index (χ3v) is 5.09. The molecule has 0 radical (unpaired) electrons. The topological polar surface area (TPSA) is 64.6 Å². The highest BCUT2D eigenvalue weighted by Crippen LogP contribution is 2.25. The van der Waals surface area contributed by atoms with Crippen molar-refractivity contribution in [1.82, 2.24) is 5.32 Å². The van der Waals surface area contributed by atoms with E-state index >= 15 is 0 Å². The Balaban J connectivity index is 1.79. The fraction of sp³-hybridized carbons (Fsp3) is 0.300. The molecule has 0 spiro atoms. The van der Waals surface area contributed by atoms with Gasteiger partial charge >= 0.3 is 5.97 Å². The molecule has 0 bridgehead atoms. The van der Waals surface area contributed by atoms with Gasteiger partial charge in [-0.2, -0.15) is 0 Å². The first-order chi connectivity index (χ1) is 12.9. The molecule has 1 N–H and O–H groups in total. The number of thioether (sulfide) groups is 1. The highest BCUT2D eigenvalue weighted by molar-refractivity contribution is 8.00. The zero-order valence-electron chi connectivity index (χ0n) is 15.4. The van der Waals surface area contributed by atoms with Gasteiger partial charge in [0.25, 0.3) is 5.91 Å². The second-order valence-electron chi connectivity index (χ2n) is 5.86. The average molecular weight is 408 g/mol. The van der Waals surface area contributed by atoms with Gasteiger partial charge in [0.15, 0.2) is 6.10 Å². The second-order valence-corrected chi connectivity index (χ2v) is 7.71. The second kappa shape index (κ2) is 10.2. The third kappa shape index (κ3) is 6.81. The lowest BCUT2D eigenvalue weighted by molar-refractivity contribution is -0.154. The van der Waals surface area contributed by atoms with Crippen molar-refractivity contribution in [3.05, 3.63) is 59.1 Å². The summed E-state index contributed by atoms with van der Waals surface area (Å²) in [6.07, 6.45) is -0.871. The molecule has 0 fully saturated rings. The van der Waals surface area contributed by atoms with Crippen LogP contribution >= 0.6 is 23.4 Å². The predicted octanol–water partition coefficient (Wildman–Crippen LogP) is 4.08. The maximum absolute atomic E-state index is 12.2. The maximum Gasteiger partial charge on any atom is 0.319 e. The molecule has 0 aliphatic rings. The number of amides is 1. The van der Waals surface area contributed by atoms with Gasteiger partial charge in [0.2, 0.25) is 0 Å². The van der Waals surface area contributed by atoms with Crippen molar-refractivity contribution in [1.29, 1.82) is 0 Å². The highest BCUT2D eigenvalue weighted by Gasteiger charge is 2.22. The van der Waals surface area contributed by atoms with E-state index in [-0.39, 0.29) is 5.91 Å². The number of rotatable bonds is 8. The summed E-state index contributed by atoms with van der Waals surface area (Å²) in [6, 6.07) is 14.6. The first-order valence-corrected chi connectivity index (χ1v) is 9.68. The van der Waals surface area contributed by atoms with E-state index in [9.17, 15) is 9.59 Å². The van der Waals surface area contributed by atoms with Crippen LogP contribution in [-0.2, 0) is 20.9 Å². The Labute approximate surface area is 168 Å². The Morgan fingerprint density at radius 1 is 1.07 bits per heavy atom. The molecule has 0 aliphatic heterocycles. The smallest absolute Gasteiger partial charge is 0.319 e. The standard InChI is InChI=1S/C20H22ClNO4S/c1-13(19(23)22-12-15-4-8-17(25-3)9-5-15)26-20(24)14(2)27-18-10-6-16(21)7-11-18/h4-11,13-14H,12H2,1-3H3,(H,22,23)/t13-,14+/m0/s1. The number of hydrogen-bond donors (Lipinski definition) is 1. The summed E-state index contributed by atoms with van der Waals surface area (Å²) in [7, 11) is 1.60. The molecule has 2 atom stereocenters. The zero-order valence-corrected chi connectivity index (χ0v) is 17.0. The Hall–Kier alpha value is -2.18. The Bertz CT molecular complexity index is 765. The number of esters is 1. The van der Waals surface area contributed by atoms with Crippen molar-refractivity contribution in [2.24, 2.45) is 0 Å². The lowest BCUT2D eigenvalue weighted by Gasteiger charge is -2.16. The largest absolute Gasteiger partial charge is 0.497 e. The molecule has 0 unspecified atom stereocenters. The molecule has 2 rings (SSSR count). The summed E-state index contributed by atoms with van der Waals surface area (Å²) in [5.41, 5.74) is 0.925. The van der Waals surface area contributed by atoms with Crippen LogP contribution in [-0.4, -0.2) is 30.3 Å². The van der Waals surface area contributed by atoms with E-state index in [0.29, 0.717) is 11.6 Å². The molecule has 0 heterocycles. The Morgan fingerprint density at radius 3 is 2.30 bits per heavy atom. The van der Waals surface area contributed by atoms with Gasteiger partial charge in [-0.05, 0) is 55.8 Å². The van der Waals surface area contributed by atoms with Gasteiger partial charge in [-0.3, -0.25) is 9.59 Å². The zero-order chi connectivity index (χ0) is 19.8. The Kier molecular flexibility index (Phi) is 8.00. The van der Waals surface area contributed by atoms with Gasteiger partial charge in [0, 0.05) is 16.5 Å². The van der Waals surface area contributed by atoms with Crippen LogP contribution in [0.4, 0.5) is 0 Å². The lowest BCUT2D eigenvalue weighted by Crippen LogP contribution is -2.36. The molecule has 0 aromatic heterocycles. The van der Waals surface area contributed by atoms with Crippen molar-refractivity contribution in [2.45, 2.75) is 36.6 Å². The minimum Gasteiger partial charge on any atom is -0.497 e. The molecule has 5 nitrogen and oxygen atoms in total. The number of carbonyl (C=O) groups excluding carboxylic acids is 2. The van der Waals surface area contributed by atoms with Gasteiger partial charge < -0.3 is 14.8 Å². The van der Waals surface area contributed by atoms with Crippen LogP contribution in [0.25, 0.3) is 0 Å². The van der Waals surface area contributed by atoms with Gasteiger partial charge in [-0.1, -0.05) is 23.7 Å². The van der Waals surface area contributed by atoms with Crippen LogP contribution in [0.15, 0.2) is 53.4 Å². The molecule has 2 aromatic rings. The first kappa shape index (κ1) is 21.1. The monoisotopic (exact) mass is 407 g/mol. The van der Waals surface area contributed by atoms with Gasteiger partial charge in [0.1, 0.15) is 11.0 Å². The van der Waals surface area contributed by atoms with E-state index in [4.69, 9.17) is 21.1 Å². The molecule has 0 saturated heterocycles. The molecular formula is C20H22ClNO4S. The fourth-order valence-electron chi connectivity index (χ4n) is 2.17. The molecule has 27 heavy (non-hydrogen) atoms. The molecule has 2 aromatic carbocycles. The summed E-state index contributed by atoms with van der Waals surface area (Å²) in [5, 5.41) is 2.95. The van der Waals surface area contributed by atoms with E-state index in [1.807, 2.05) is 36.4 Å². The molecule has 1 amide bonds. The number of methoxy groups -OCH3 is 1. The predicted molar refractivity (Wildman–Crippen MR) is 107 cm³/mol. The maximum atomic E-state index is 12.2. The fourth-order valence-corrected chi connectivity index (χ4v) is 3.14. The molecule has 144 valence electrons. The molecular weight excluding hydrogens is 386 g/mol. The summed E-state index contributed by atoms with van der Waals surface area (Å²) in [5.74, 6) is -0.0375.